The fourth-order valence-corrected chi connectivity index (χ4v) is 8.19. The largest absolute Gasteiger partial charge is 0.377 e. The number of alkyl halides is 1. The molecular formula is C31H23Cl2FN2O3S. The molecule has 1 N–H and O–H groups in total. The average Bonchev–Trinajstić information content (AvgIpc) is 3.29. The minimum atomic E-state index is -0.472. The molecule has 202 valence electrons. The van der Waals surface area contributed by atoms with Crippen molar-refractivity contribution in [2.75, 3.05) is 5.32 Å². The van der Waals surface area contributed by atoms with Gasteiger partial charge < -0.3 is 5.32 Å². The molecule has 6 rings (SSSR count). The topological polar surface area (TPSA) is 72.2 Å². The summed E-state index contributed by atoms with van der Waals surface area (Å²) in [6.07, 6.45) is 0.579. The lowest BCUT2D eigenvalue weighted by molar-refractivity contribution is -0.387. The van der Waals surface area contributed by atoms with Gasteiger partial charge >= 0.3 is 0 Å². The van der Waals surface area contributed by atoms with Crippen LogP contribution in [0.5, 0.6) is 0 Å². The number of halogens is 3. The van der Waals surface area contributed by atoms with Gasteiger partial charge in [0.15, 0.2) is 5.78 Å². The molecule has 40 heavy (non-hydrogen) atoms. The number of hydrogen-bond donors (Lipinski definition) is 1. The first-order valence-electron chi connectivity index (χ1n) is 12.8. The summed E-state index contributed by atoms with van der Waals surface area (Å²) in [7, 11) is 0. The summed E-state index contributed by atoms with van der Waals surface area (Å²) in [6.45, 7) is 0. The molecule has 0 unspecified atom stereocenters. The number of nitrogens with zero attached hydrogens (tertiary/aromatic N) is 1. The molecule has 0 saturated heterocycles. The maximum Gasteiger partial charge on any atom is 0.282 e. The van der Waals surface area contributed by atoms with E-state index in [2.05, 4.69) is 5.32 Å². The number of nitrogens with one attached hydrogen (secondary N) is 1. The summed E-state index contributed by atoms with van der Waals surface area (Å²) in [5, 5.41) is 14.9. The Morgan fingerprint density at radius 1 is 0.975 bits per heavy atom. The van der Waals surface area contributed by atoms with Crippen molar-refractivity contribution in [2.24, 2.45) is 5.92 Å². The molecule has 9 heteroatoms. The van der Waals surface area contributed by atoms with Gasteiger partial charge in [-0.2, -0.15) is 0 Å². The molecule has 1 saturated carbocycles. The quantitative estimate of drug-likeness (QED) is 0.105. The number of carbonyl (C=O) groups excluding carboxylic acids is 1. The SMILES string of the molecule is O=C(c1ccccc1)c1cc(Cl)cc2c1N[C@H](c1ccccc1F)[C@@H]1C[C@H](Sc3ccccc3[N+](=O)[O-])[C@H](Cl)[C@@H]21. The zero-order valence-corrected chi connectivity index (χ0v) is 23.3. The second-order valence-corrected chi connectivity index (χ2v) is 12.2. The molecule has 0 amide bonds. The van der Waals surface area contributed by atoms with E-state index in [1.807, 2.05) is 12.1 Å². The number of thioether (sulfide) groups is 1. The lowest BCUT2D eigenvalue weighted by Gasteiger charge is -2.39. The number of carbonyl (C=O) groups is 1. The lowest BCUT2D eigenvalue weighted by Crippen LogP contribution is -2.33. The Morgan fingerprint density at radius 2 is 1.68 bits per heavy atom. The highest BCUT2D eigenvalue weighted by atomic mass is 35.5. The van der Waals surface area contributed by atoms with E-state index in [1.54, 1.807) is 66.7 Å². The van der Waals surface area contributed by atoms with Gasteiger partial charge in [-0.1, -0.05) is 72.3 Å². The maximum atomic E-state index is 15.2. The van der Waals surface area contributed by atoms with Crippen LogP contribution in [-0.4, -0.2) is 21.3 Å². The molecule has 2 aliphatic rings. The first-order chi connectivity index (χ1) is 19.3. The van der Waals surface area contributed by atoms with Crippen molar-refractivity contribution in [3.8, 4) is 0 Å². The number of hydrogen-bond acceptors (Lipinski definition) is 5. The third-order valence-corrected chi connectivity index (χ3v) is 10.1. The average molecular weight is 594 g/mol. The van der Waals surface area contributed by atoms with Crippen LogP contribution in [0.2, 0.25) is 5.02 Å². The highest BCUT2D eigenvalue weighted by molar-refractivity contribution is 8.00. The number of anilines is 1. The van der Waals surface area contributed by atoms with Crippen LogP contribution in [0.25, 0.3) is 0 Å². The molecule has 0 radical (unpaired) electrons. The van der Waals surface area contributed by atoms with Crippen molar-refractivity contribution in [1.82, 2.24) is 0 Å². The second kappa shape index (κ2) is 10.9. The number of para-hydroxylation sites is 1. The van der Waals surface area contributed by atoms with Crippen molar-refractivity contribution in [1.29, 1.82) is 0 Å². The number of rotatable bonds is 6. The Bertz CT molecular complexity index is 1620. The van der Waals surface area contributed by atoms with Gasteiger partial charge in [0.1, 0.15) is 5.82 Å². The Kier molecular flexibility index (Phi) is 7.29. The number of benzene rings is 4. The molecule has 1 fully saturated rings. The summed E-state index contributed by atoms with van der Waals surface area (Å²) in [5.41, 5.74) is 2.81. The van der Waals surface area contributed by atoms with E-state index in [0.29, 0.717) is 38.7 Å². The van der Waals surface area contributed by atoms with E-state index < -0.39 is 16.3 Å². The molecule has 4 aromatic rings. The van der Waals surface area contributed by atoms with Crippen LogP contribution in [0.15, 0.2) is 95.9 Å². The first kappa shape index (κ1) is 26.8. The minimum absolute atomic E-state index is 0.0224. The van der Waals surface area contributed by atoms with Gasteiger partial charge in [0.05, 0.1) is 21.2 Å². The predicted octanol–water partition coefficient (Wildman–Crippen LogP) is 8.66. The highest BCUT2D eigenvalue weighted by Gasteiger charge is 2.51. The number of nitro benzene ring substituents is 1. The fourth-order valence-electron chi connectivity index (χ4n) is 6.02. The van der Waals surface area contributed by atoms with Gasteiger partial charge in [0.25, 0.3) is 5.69 Å². The van der Waals surface area contributed by atoms with Gasteiger partial charge in [-0.25, -0.2) is 4.39 Å². The normalized spacial score (nSPS) is 23.1. The molecule has 1 aliphatic heterocycles. The van der Waals surface area contributed by atoms with E-state index in [1.165, 1.54) is 23.9 Å². The fraction of sp³-hybridized carbons (Fsp3) is 0.194. The van der Waals surface area contributed by atoms with Gasteiger partial charge in [-0.15, -0.1) is 23.4 Å². The zero-order chi connectivity index (χ0) is 28.0. The molecule has 4 aromatic carbocycles. The standard InChI is InChI=1S/C31H23Cl2FN2O3S/c32-18-14-20-27-21(16-26(28(27)33)40-25-13-7-6-12-24(25)36(38)39)29(19-10-4-5-11-23(19)34)35-30(20)22(15-18)31(37)17-8-2-1-3-9-17/h1-15,21,26-29,35H,16H2/t21-,26+,27+,28+,29-/m1/s1. The van der Waals surface area contributed by atoms with Crippen LogP contribution in [-0.2, 0) is 0 Å². The first-order valence-corrected chi connectivity index (χ1v) is 14.5. The molecule has 5 atom stereocenters. The molecule has 0 spiro atoms. The third-order valence-electron chi connectivity index (χ3n) is 7.75. The second-order valence-electron chi connectivity index (χ2n) is 10.0. The van der Waals surface area contributed by atoms with Crippen LogP contribution >= 0.6 is 35.0 Å². The summed E-state index contributed by atoms with van der Waals surface area (Å²) in [4.78, 5) is 25.5. The van der Waals surface area contributed by atoms with E-state index in [0.717, 1.165) is 5.56 Å². The molecule has 1 aliphatic carbocycles. The lowest BCUT2D eigenvalue weighted by atomic mass is 9.76. The summed E-state index contributed by atoms with van der Waals surface area (Å²) < 4.78 is 15.2. The van der Waals surface area contributed by atoms with Crippen molar-refractivity contribution in [3.63, 3.8) is 0 Å². The molecule has 0 aromatic heterocycles. The van der Waals surface area contributed by atoms with Gasteiger partial charge in [0, 0.05) is 44.6 Å². The highest BCUT2D eigenvalue weighted by Crippen LogP contribution is 2.59. The van der Waals surface area contributed by atoms with E-state index in [4.69, 9.17) is 23.2 Å². The van der Waals surface area contributed by atoms with Crippen LogP contribution in [0.3, 0.4) is 0 Å². The van der Waals surface area contributed by atoms with Crippen molar-refractivity contribution >= 4 is 52.1 Å². The molecule has 5 nitrogen and oxygen atoms in total. The Hall–Kier alpha value is -3.39. The van der Waals surface area contributed by atoms with Crippen molar-refractivity contribution in [2.45, 2.75) is 33.9 Å². The molecule has 1 heterocycles. The van der Waals surface area contributed by atoms with E-state index >= 15 is 4.39 Å². The summed E-state index contributed by atoms with van der Waals surface area (Å²) in [6, 6.07) is 25.1. The Morgan fingerprint density at radius 3 is 2.42 bits per heavy atom. The number of ketones is 1. The third kappa shape index (κ3) is 4.76. The molecule has 0 bridgehead atoms. The minimum Gasteiger partial charge on any atom is -0.377 e. The number of fused-ring (bicyclic) bond motifs is 3. The van der Waals surface area contributed by atoms with Crippen LogP contribution in [0, 0.1) is 21.8 Å². The van der Waals surface area contributed by atoms with Gasteiger partial charge in [0.2, 0.25) is 0 Å². The van der Waals surface area contributed by atoms with Gasteiger partial charge in [-0.3, -0.25) is 14.9 Å². The van der Waals surface area contributed by atoms with Crippen LogP contribution in [0.1, 0.15) is 45.4 Å². The zero-order valence-electron chi connectivity index (χ0n) is 21.0. The monoisotopic (exact) mass is 592 g/mol. The van der Waals surface area contributed by atoms with E-state index in [9.17, 15) is 14.9 Å². The van der Waals surface area contributed by atoms with Crippen molar-refractivity contribution < 1.29 is 14.1 Å². The predicted molar refractivity (Wildman–Crippen MR) is 157 cm³/mol. The maximum absolute atomic E-state index is 15.2. The Balaban J connectivity index is 1.47. The smallest absolute Gasteiger partial charge is 0.282 e. The summed E-state index contributed by atoms with van der Waals surface area (Å²) >= 11 is 15.2. The van der Waals surface area contributed by atoms with Crippen LogP contribution < -0.4 is 5.32 Å². The number of nitro groups is 1. The Labute approximate surface area is 244 Å². The van der Waals surface area contributed by atoms with Gasteiger partial charge in [-0.05, 0) is 42.2 Å². The van der Waals surface area contributed by atoms with Crippen LogP contribution in [0.4, 0.5) is 15.8 Å². The summed E-state index contributed by atoms with van der Waals surface area (Å²) in [5.74, 6) is -0.977. The van der Waals surface area contributed by atoms with E-state index in [-0.39, 0.29) is 34.4 Å². The molecular weight excluding hydrogens is 570 g/mol. The van der Waals surface area contributed by atoms with Crippen molar-refractivity contribution in [3.05, 3.63) is 134 Å².